The molecule has 1 aromatic carbocycles. The molecular weight excluding hydrogens is 246 g/mol. The Bertz CT molecular complexity index is 366. The lowest BCUT2D eigenvalue weighted by molar-refractivity contribution is 0.329. The minimum atomic E-state index is 0.0241. The number of aryl methyl sites for hydroxylation is 1. The zero-order valence-electron chi connectivity index (χ0n) is 11.8. The van der Waals surface area contributed by atoms with E-state index < -0.39 is 0 Å². The highest BCUT2D eigenvalue weighted by molar-refractivity contribution is 6.18. The SMILES string of the molecule is CCC(CC)(CCl)NCc1cc(C)ccc1OC. The summed E-state index contributed by atoms with van der Waals surface area (Å²) in [6.07, 6.45) is 2.06. The molecule has 0 saturated heterocycles. The highest BCUT2D eigenvalue weighted by Gasteiger charge is 2.24. The third kappa shape index (κ3) is 3.63. The summed E-state index contributed by atoms with van der Waals surface area (Å²) in [4.78, 5) is 0. The number of hydrogen-bond acceptors (Lipinski definition) is 2. The molecule has 1 N–H and O–H groups in total. The fourth-order valence-corrected chi connectivity index (χ4v) is 2.54. The third-order valence-corrected chi connectivity index (χ3v) is 4.21. The number of rotatable bonds is 7. The number of alkyl halides is 1. The second kappa shape index (κ2) is 7.01. The van der Waals surface area contributed by atoms with Gasteiger partial charge in [0.2, 0.25) is 0 Å². The Morgan fingerprint density at radius 1 is 1.28 bits per heavy atom. The Hall–Kier alpha value is -0.730. The zero-order chi connectivity index (χ0) is 13.6. The quantitative estimate of drug-likeness (QED) is 0.759. The highest BCUT2D eigenvalue weighted by atomic mass is 35.5. The molecule has 0 amide bonds. The van der Waals surface area contributed by atoms with Crippen molar-refractivity contribution in [2.45, 2.75) is 45.7 Å². The molecule has 0 heterocycles. The van der Waals surface area contributed by atoms with Crippen molar-refractivity contribution in [1.29, 1.82) is 0 Å². The first-order chi connectivity index (χ1) is 8.60. The molecule has 0 saturated carbocycles. The number of benzene rings is 1. The Kier molecular flexibility index (Phi) is 5.97. The average Bonchev–Trinajstić information content (AvgIpc) is 2.41. The lowest BCUT2D eigenvalue weighted by Gasteiger charge is -2.31. The maximum Gasteiger partial charge on any atom is 0.123 e. The Morgan fingerprint density at radius 3 is 2.44 bits per heavy atom. The molecule has 1 aromatic rings. The van der Waals surface area contributed by atoms with Crippen LogP contribution in [0.25, 0.3) is 0 Å². The van der Waals surface area contributed by atoms with E-state index in [0.29, 0.717) is 5.88 Å². The van der Waals surface area contributed by atoms with Gasteiger partial charge in [0.15, 0.2) is 0 Å². The van der Waals surface area contributed by atoms with Crippen LogP contribution in [0.15, 0.2) is 18.2 Å². The first-order valence-electron chi connectivity index (χ1n) is 6.55. The summed E-state index contributed by atoms with van der Waals surface area (Å²) < 4.78 is 5.39. The summed E-state index contributed by atoms with van der Waals surface area (Å²) in [6.45, 7) is 7.23. The van der Waals surface area contributed by atoms with Gasteiger partial charge in [-0.3, -0.25) is 0 Å². The van der Waals surface area contributed by atoms with E-state index in [1.807, 2.05) is 6.07 Å². The van der Waals surface area contributed by atoms with Crippen molar-refractivity contribution in [2.24, 2.45) is 0 Å². The van der Waals surface area contributed by atoms with Gasteiger partial charge in [-0.05, 0) is 25.8 Å². The molecular formula is C15H24ClNO. The Morgan fingerprint density at radius 2 is 1.94 bits per heavy atom. The molecule has 0 fully saturated rings. The predicted octanol–water partition coefficient (Wildman–Crippen LogP) is 3.89. The van der Waals surface area contributed by atoms with Crippen LogP contribution in [0, 0.1) is 6.92 Å². The summed E-state index contributed by atoms with van der Waals surface area (Å²) in [6, 6.07) is 6.25. The van der Waals surface area contributed by atoms with Crippen LogP contribution in [-0.4, -0.2) is 18.5 Å². The maximum absolute atomic E-state index is 6.10. The zero-order valence-corrected chi connectivity index (χ0v) is 12.6. The van der Waals surface area contributed by atoms with E-state index in [1.54, 1.807) is 7.11 Å². The van der Waals surface area contributed by atoms with E-state index in [0.717, 1.165) is 25.1 Å². The van der Waals surface area contributed by atoms with Crippen molar-refractivity contribution in [3.8, 4) is 5.75 Å². The van der Waals surface area contributed by atoms with Crippen molar-refractivity contribution >= 4 is 11.6 Å². The number of halogens is 1. The Labute approximate surface area is 116 Å². The molecule has 0 aliphatic heterocycles. The molecule has 1 rings (SSSR count). The molecule has 0 atom stereocenters. The molecule has 0 aliphatic rings. The molecule has 0 unspecified atom stereocenters. The number of hydrogen-bond donors (Lipinski definition) is 1. The molecule has 0 bridgehead atoms. The molecule has 0 radical (unpaired) electrons. The van der Waals surface area contributed by atoms with Crippen LogP contribution in [0.4, 0.5) is 0 Å². The second-order valence-electron chi connectivity index (χ2n) is 4.79. The van der Waals surface area contributed by atoms with Gasteiger partial charge >= 0.3 is 0 Å². The first-order valence-corrected chi connectivity index (χ1v) is 7.08. The van der Waals surface area contributed by atoms with Gasteiger partial charge in [-0.2, -0.15) is 0 Å². The molecule has 0 spiro atoms. The van der Waals surface area contributed by atoms with Crippen molar-refractivity contribution < 1.29 is 4.74 Å². The monoisotopic (exact) mass is 269 g/mol. The summed E-state index contributed by atoms with van der Waals surface area (Å²) >= 11 is 6.10. The van der Waals surface area contributed by atoms with Gasteiger partial charge in [0.05, 0.1) is 7.11 Å². The average molecular weight is 270 g/mol. The molecule has 3 heteroatoms. The summed E-state index contributed by atoms with van der Waals surface area (Å²) in [7, 11) is 1.71. The van der Waals surface area contributed by atoms with Gasteiger partial charge in [-0.1, -0.05) is 31.5 Å². The third-order valence-electron chi connectivity index (χ3n) is 3.70. The molecule has 0 aliphatic carbocycles. The van der Waals surface area contributed by atoms with Crippen LogP contribution in [0.3, 0.4) is 0 Å². The molecule has 2 nitrogen and oxygen atoms in total. The fourth-order valence-electron chi connectivity index (χ4n) is 2.06. The van der Waals surface area contributed by atoms with Crippen LogP contribution in [0.5, 0.6) is 5.75 Å². The molecule has 18 heavy (non-hydrogen) atoms. The highest BCUT2D eigenvalue weighted by Crippen LogP contribution is 2.22. The number of methoxy groups -OCH3 is 1. The maximum atomic E-state index is 6.10. The van der Waals surface area contributed by atoms with Crippen LogP contribution in [0.1, 0.15) is 37.8 Å². The summed E-state index contributed by atoms with van der Waals surface area (Å²) in [5, 5.41) is 3.59. The second-order valence-corrected chi connectivity index (χ2v) is 5.06. The van der Waals surface area contributed by atoms with E-state index in [2.05, 4.69) is 38.2 Å². The van der Waals surface area contributed by atoms with Crippen molar-refractivity contribution in [1.82, 2.24) is 5.32 Å². The van der Waals surface area contributed by atoms with Gasteiger partial charge in [-0.25, -0.2) is 0 Å². The number of nitrogens with one attached hydrogen (secondary N) is 1. The van der Waals surface area contributed by atoms with E-state index in [9.17, 15) is 0 Å². The van der Waals surface area contributed by atoms with Gasteiger partial charge in [0.1, 0.15) is 5.75 Å². The lowest BCUT2D eigenvalue weighted by atomic mass is 9.94. The summed E-state index contributed by atoms with van der Waals surface area (Å²) in [5.74, 6) is 1.57. The Balaban J connectivity index is 2.81. The topological polar surface area (TPSA) is 21.3 Å². The minimum absolute atomic E-state index is 0.0241. The van der Waals surface area contributed by atoms with Crippen LogP contribution >= 0.6 is 11.6 Å². The van der Waals surface area contributed by atoms with Crippen molar-refractivity contribution in [2.75, 3.05) is 13.0 Å². The van der Waals surface area contributed by atoms with E-state index >= 15 is 0 Å². The standard InChI is InChI=1S/C15H24ClNO/c1-5-15(6-2,11-16)17-10-13-9-12(3)7-8-14(13)18-4/h7-9,17H,5-6,10-11H2,1-4H3. The van der Waals surface area contributed by atoms with Crippen LogP contribution < -0.4 is 10.1 Å². The van der Waals surface area contributed by atoms with Crippen LogP contribution in [-0.2, 0) is 6.54 Å². The van der Waals surface area contributed by atoms with Crippen molar-refractivity contribution in [3.05, 3.63) is 29.3 Å². The number of ether oxygens (including phenoxy) is 1. The minimum Gasteiger partial charge on any atom is -0.496 e. The predicted molar refractivity (Wildman–Crippen MR) is 78.6 cm³/mol. The van der Waals surface area contributed by atoms with Gasteiger partial charge < -0.3 is 10.1 Å². The van der Waals surface area contributed by atoms with Gasteiger partial charge in [-0.15, -0.1) is 11.6 Å². The van der Waals surface area contributed by atoms with E-state index in [4.69, 9.17) is 16.3 Å². The molecule has 102 valence electrons. The van der Waals surface area contributed by atoms with E-state index in [-0.39, 0.29) is 5.54 Å². The largest absolute Gasteiger partial charge is 0.496 e. The smallest absolute Gasteiger partial charge is 0.123 e. The summed E-state index contributed by atoms with van der Waals surface area (Å²) in [5.41, 5.74) is 2.46. The van der Waals surface area contributed by atoms with Crippen LogP contribution in [0.2, 0.25) is 0 Å². The van der Waals surface area contributed by atoms with E-state index in [1.165, 1.54) is 11.1 Å². The molecule has 0 aromatic heterocycles. The van der Waals surface area contributed by atoms with Gasteiger partial charge in [0, 0.05) is 23.5 Å². The first kappa shape index (κ1) is 15.3. The van der Waals surface area contributed by atoms with Crippen molar-refractivity contribution in [3.63, 3.8) is 0 Å². The lowest BCUT2D eigenvalue weighted by Crippen LogP contribution is -2.45. The fraction of sp³-hybridized carbons (Fsp3) is 0.600. The normalized spacial score (nSPS) is 11.6. The van der Waals surface area contributed by atoms with Gasteiger partial charge in [0.25, 0.3) is 0 Å².